The molecule has 2 bridgehead atoms. The predicted molar refractivity (Wildman–Crippen MR) is 83.3 cm³/mol. The zero-order valence-electron chi connectivity index (χ0n) is 13.0. The van der Waals surface area contributed by atoms with Crippen LogP contribution in [-0.4, -0.2) is 18.1 Å². The second-order valence-corrected chi connectivity index (χ2v) is 6.62. The number of hydrogen-bond donors (Lipinski definition) is 1. The number of hydrogen-bond acceptors (Lipinski definition) is 2. The highest BCUT2D eigenvalue weighted by atomic mass is 16.5. The summed E-state index contributed by atoms with van der Waals surface area (Å²) in [5, 5.41) is 3.23. The Bertz CT molecular complexity index is 514. The van der Waals surface area contributed by atoms with Crippen molar-refractivity contribution in [3.8, 4) is 5.75 Å². The molecule has 2 saturated carbocycles. The molecule has 4 atom stereocenters. The van der Waals surface area contributed by atoms with Crippen molar-refractivity contribution in [2.45, 2.75) is 58.1 Å². The molecular weight excluding hydrogens is 262 g/mol. The number of ether oxygens (including phenoxy) is 1. The monoisotopic (exact) mass is 287 g/mol. The molecule has 3 nitrogen and oxygen atoms in total. The molecule has 2 aliphatic carbocycles. The smallest absolute Gasteiger partial charge is 0.261 e. The first kappa shape index (κ1) is 14.4. The first-order valence-corrected chi connectivity index (χ1v) is 8.19. The average molecular weight is 287 g/mol. The molecule has 2 aliphatic rings. The summed E-state index contributed by atoms with van der Waals surface area (Å²) in [7, 11) is 0. The highest BCUT2D eigenvalue weighted by Crippen LogP contribution is 2.44. The minimum Gasteiger partial charge on any atom is -0.481 e. The van der Waals surface area contributed by atoms with E-state index < -0.39 is 0 Å². The van der Waals surface area contributed by atoms with E-state index >= 15 is 0 Å². The molecule has 0 saturated heterocycles. The van der Waals surface area contributed by atoms with Crippen LogP contribution in [0.3, 0.4) is 0 Å². The summed E-state index contributed by atoms with van der Waals surface area (Å²) >= 11 is 0. The third-order valence-corrected chi connectivity index (χ3v) is 5.00. The third kappa shape index (κ3) is 3.22. The van der Waals surface area contributed by atoms with Gasteiger partial charge in [-0.3, -0.25) is 4.79 Å². The Balaban J connectivity index is 1.59. The summed E-state index contributed by atoms with van der Waals surface area (Å²) < 4.78 is 5.88. The summed E-state index contributed by atoms with van der Waals surface area (Å²) in [6.07, 6.45) is 5.42. The van der Waals surface area contributed by atoms with Crippen LogP contribution in [0.15, 0.2) is 24.3 Å². The Morgan fingerprint density at radius 2 is 2.24 bits per heavy atom. The molecule has 0 aromatic heterocycles. The molecule has 0 aliphatic heterocycles. The van der Waals surface area contributed by atoms with Gasteiger partial charge in [0.1, 0.15) is 5.75 Å². The summed E-state index contributed by atoms with van der Waals surface area (Å²) in [5.74, 6) is 2.38. The van der Waals surface area contributed by atoms with Gasteiger partial charge in [-0.25, -0.2) is 0 Å². The third-order valence-electron chi connectivity index (χ3n) is 5.00. The lowest BCUT2D eigenvalue weighted by molar-refractivity contribution is -0.129. The van der Waals surface area contributed by atoms with E-state index in [-0.39, 0.29) is 12.0 Å². The fraction of sp³-hybridized carbons (Fsp3) is 0.611. The largest absolute Gasteiger partial charge is 0.481 e. The van der Waals surface area contributed by atoms with Crippen molar-refractivity contribution in [3.05, 3.63) is 29.8 Å². The molecule has 0 radical (unpaired) electrons. The summed E-state index contributed by atoms with van der Waals surface area (Å²) in [6, 6.07) is 8.27. The van der Waals surface area contributed by atoms with Gasteiger partial charge in [0.2, 0.25) is 0 Å². The summed E-state index contributed by atoms with van der Waals surface area (Å²) in [6.45, 7) is 4.03. The molecule has 0 spiro atoms. The van der Waals surface area contributed by atoms with Gasteiger partial charge in [0, 0.05) is 6.04 Å². The van der Waals surface area contributed by atoms with Gasteiger partial charge >= 0.3 is 0 Å². The molecule has 1 aromatic rings. The quantitative estimate of drug-likeness (QED) is 0.900. The van der Waals surface area contributed by atoms with Gasteiger partial charge < -0.3 is 10.1 Å². The van der Waals surface area contributed by atoms with Crippen LogP contribution in [0.4, 0.5) is 0 Å². The van der Waals surface area contributed by atoms with Gasteiger partial charge in [-0.2, -0.15) is 0 Å². The minimum absolute atomic E-state index is 0.0524. The minimum atomic E-state index is -0.383. The van der Waals surface area contributed by atoms with Gasteiger partial charge in [0.15, 0.2) is 6.10 Å². The van der Waals surface area contributed by atoms with E-state index in [9.17, 15) is 4.79 Å². The average Bonchev–Trinajstić information content (AvgIpc) is 3.07. The van der Waals surface area contributed by atoms with Crippen LogP contribution in [0, 0.1) is 18.8 Å². The summed E-state index contributed by atoms with van der Waals surface area (Å²) in [5.41, 5.74) is 1.15. The van der Waals surface area contributed by atoms with Gasteiger partial charge in [0.05, 0.1) is 0 Å². The number of aryl methyl sites for hydroxylation is 1. The molecule has 2 fully saturated rings. The number of carbonyl (C=O) groups is 1. The fourth-order valence-electron chi connectivity index (χ4n) is 3.87. The van der Waals surface area contributed by atoms with Crippen LogP contribution in [-0.2, 0) is 4.79 Å². The van der Waals surface area contributed by atoms with Gasteiger partial charge in [-0.1, -0.05) is 25.5 Å². The highest BCUT2D eigenvalue weighted by Gasteiger charge is 2.40. The number of carbonyl (C=O) groups excluding carboxylic acids is 1. The van der Waals surface area contributed by atoms with Crippen molar-refractivity contribution >= 4 is 5.91 Å². The van der Waals surface area contributed by atoms with Crippen molar-refractivity contribution < 1.29 is 9.53 Å². The SMILES string of the molecule is CC[C@H](Oc1cccc(C)c1)C(=O)N[C@@H]1C[C@H]2CC[C@H]1C2. The molecule has 21 heavy (non-hydrogen) atoms. The zero-order chi connectivity index (χ0) is 14.8. The van der Waals surface area contributed by atoms with Crippen LogP contribution >= 0.6 is 0 Å². The molecule has 3 heteroatoms. The maximum atomic E-state index is 12.5. The van der Waals surface area contributed by atoms with Crippen molar-refractivity contribution in [1.82, 2.24) is 5.32 Å². The van der Waals surface area contributed by atoms with Crippen molar-refractivity contribution in [1.29, 1.82) is 0 Å². The highest BCUT2D eigenvalue weighted by molar-refractivity contribution is 5.81. The molecule has 1 aromatic carbocycles. The van der Waals surface area contributed by atoms with Crippen LogP contribution in [0.5, 0.6) is 5.75 Å². The number of fused-ring (bicyclic) bond motifs is 2. The van der Waals surface area contributed by atoms with E-state index in [2.05, 4.69) is 5.32 Å². The molecule has 1 amide bonds. The van der Waals surface area contributed by atoms with E-state index in [1.807, 2.05) is 38.1 Å². The topological polar surface area (TPSA) is 38.3 Å². The van der Waals surface area contributed by atoms with Crippen molar-refractivity contribution in [2.24, 2.45) is 11.8 Å². The normalized spacial score (nSPS) is 28.4. The molecule has 3 rings (SSSR count). The van der Waals surface area contributed by atoms with Gasteiger partial charge in [0.25, 0.3) is 5.91 Å². The van der Waals surface area contributed by atoms with E-state index in [0.717, 1.165) is 23.7 Å². The van der Waals surface area contributed by atoms with E-state index in [4.69, 9.17) is 4.74 Å². The van der Waals surface area contributed by atoms with Crippen molar-refractivity contribution in [3.63, 3.8) is 0 Å². The van der Waals surface area contributed by atoms with Crippen LogP contribution < -0.4 is 10.1 Å². The van der Waals surface area contributed by atoms with Crippen LogP contribution in [0.2, 0.25) is 0 Å². The second-order valence-electron chi connectivity index (χ2n) is 6.62. The first-order chi connectivity index (χ1) is 10.2. The standard InChI is InChI=1S/C18H25NO2/c1-3-17(21-15-6-4-5-12(2)9-15)18(20)19-16-11-13-7-8-14(16)10-13/h4-6,9,13-14,16-17H,3,7-8,10-11H2,1-2H3,(H,19,20)/t13-,14-,16+,17-/m0/s1. The predicted octanol–water partition coefficient (Wildman–Crippen LogP) is 3.46. The number of nitrogens with one attached hydrogen (secondary N) is 1. The molecule has 0 heterocycles. The lowest BCUT2D eigenvalue weighted by Gasteiger charge is -2.25. The van der Waals surface area contributed by atoms with E-state index in [1.54, 1.807) is 0 Å². The molecule has 1 N–H and O–H groups in total. The van der Waals surface area contributed by atoms with E-state index in [1.165, 1.54) is 19.3 Å². The lowest BCUT2D eigenvalue weighted by atomic mass is 9.95. The maximum Gasteiger partial charge on any atom is 0.261 e. The van der Waals surface area contributed by atoms with Gasteiger partial charge in [-0.15, -0.1) is 0 Å². The number of amides is 1. The zero-order valence-corrected chi connectivity index (χ0v) is 13.0. The Kier molecular flexibility index (Phi) is 4.18. The van der Waals surface area contributed by atoms with Crippen LogP contribution in [0.25, 0.3) is 0 Å². The Hall–Kier alpha value is -1.51. The second kappa shape index (κ2) is 6.08. The number of benzene rings is 1. The maximum absolute atomic E-state index is 12.5. The molecular formula is C18H25NO2. The molecule has 0 unspecified atom stereocenters. The molecule has 114 valence electrons. The Morgan fingerprint density at radius 1 is 1.38 bits per heavy atom. The summed E-state index contributed by atoms with van der Waals surface area (Å²) in [4.78, 5) is 12.5. The van der Waals surface area contributed by atoms with E-state index in [0.29, 0.717) is 18.4 Å². The Labute approximate surface area is 127 Å². The Morgan fingerprint density at radius 3 is 2.86 bits per heavy atom. The number of rotatable bonds is 5. The van der Waals surface area contributed by atoms with Crippen molar-refractivity contribution in [2.75, 3.05) is 0 Å². The fourth-order valence-corrected chi connectivity index (χ4v) is 3.87. The first-order valence-electron chi connectivity index (χ1n) is 8.19. The lowest BCUT2D eigenvalue weighted by Crippen LogP contribution is -2.45. The van der Waals surface area contributed by atoms with Gasteiger partial charge in [-0.05, 0) is 62.1 Å². The van der Waals surface area contributed by atoms with Crippen LogP contribution in [0.1, 0.15) is 44.6 Å².